The molecule has 0 spiro atoms. The number of hydrogen-bond acceptors (Lipinski definition) is 6. The molecule has 248 valence electrons. The van der Waals surface area contributed by atoms with E-state index in [9.17, 15) is 0 Å². The molecule has 8 rings (SSSR count). The first-order chi connectivity index (χ1) is 24.9. The van der Waals surface area contributed by atoms with Crippen LogP contribution in [0.25, 0.3) is 50.3 Å². The minimum atomic E-state index is -2.04. The van der Waals surface area contributed by atoms with Crippen molar-refractivity contribution in [3.8, 4) is 51.5 Å². The largest absolute Gasteiger partial charge is 2.00 e. The van der Waals surface area contributed by atoms with E-state index in [0.717, 1.165) is 38.9 Å². The van der Waals surface area contributed by atoms with Crippen molar-refractivity contribution < 1.29 is 55.7 Å². The number of fused-ring (bicyclic) bond motifs is 3. The van der Waals surface area contributed by atoms with E-state index < -0.39 is 6.85 Å². The molecule has 8 aromatic rings. The Balaban J connectivity index is 0.00000240. The monoisotopic (exact) mass is 1010 g/mol. The molecule has 0 aliphatic carbocycles. The third kappa shape index (κ3) is 7.30. The zero-order valence-corrected chi connectivity index (χ0v) is 30.7. The molecular weight excluding hydrogens is 985 g/mol. The molecular formula is C41H27N5O2Pt2. The third-order valence-corrected chi connectivity index (χ3v) is 7.70. The molecule has 4 aromatic carbocycles. The molecule has 50 heavy (non-hydrogen) atoms. The van der Waals surface area contributed by atoms with Crippen molar-refractivity contribution in [2.24, 2.45) is 0 Å². The minimum Gasteiger partial charge on any atom is -0.503 e. The predicted molar refractivity (Wildman–Crippen MR) is 185 cm³/mol. The van der Waals surface area contributed by atoms with Crippen LogP contribution < -0.4 is 9.47 Å². The molecule has 0 aliphatic rings. The Morgan fingerprint density at radius 2 is 1.10 bits per heavy atom. The molecule has 0 bridgehead atoms. The maximum absolute atomic E-state index is 7.58. The van der Waals surface area contributed by atoms with Crippen LogP contribution in [0.15, 0.2) is 122 Å². The van der Waals surface area contributed by atoms with Gasteiger partial charge < -0.3 is 24.0 Å². The topological polar surface area (TPSA) is 75.0 Å². The minimum absolute atomic E-state index is 0. The molecule has 0 fully saturated rings. The Hall–Kier alpha value is -4.96. The third-order valence-electron chi connectivity index (χ3n) is 7.70. The van der Waals surface area contributed by atoms with Crippen molar-refractivity contribution in [3.05, 3.63) is 152 Å². The Labute approximate surface area is 323 Å². The normalized spacial score (nSPS) is 11.9. The van der Waals surface area contributed by atoms with E-state index in [2.05, 4.69) is 44.2 Å². The number of rotatable bonds is 9. The molecule has 4 heterocycles. The van der Waals surface area contributed by atoms with Crippen molar-refractivity contribution in [1.82, 2.24) is 24.5 Å². The average molecular weight is 1010 g/mol. The number of nitrogens with zero attached hydrogens (tertiary/aromatic N) is 5. The van der Waals surface area contributed by atoms with Crippen LogP contribution in [0, 0.1) is 24.3 Å². The summed E-state index contributed by atoms with van der Waals surface area (Å²) in [6.07, 6.45) is 7.16. The van der Waals surface area contributed by atoms with Gasteiger partial charge in [0.25, 0.3) is 0 Å². The number of aryl methyl sites for hydroxylation is 1. The Kier molecular flexibility index (Phi) is 9.76. The fourth-order valence-electron chi connectivity index (χ4n) is 5.48. The fraction of sp³-hybridized carbons (Fsp3) is 0.0732. The summed E-state index contributed by atoms with van der Waals surface area (Å²) in [5.41, 5.74) is 5.24. The van der Waals surface area contributed by atoms with Gasteiger partial charge in [0, 0.05) is 51.9 Å². The van der Waals surface area contributed by atoms with Crippen LogP contribution in [0.5, 0.6) is 23.0 Å². The van der Waals surface area contributed by atoms with Gasteiger partial charge in [0.05, 0.1) is 0 Å². The Morgan fingerprint density at radius 3 is 1.58 bits per heavy atom. The number of aromatic nitrogens is 5. The molecule has 4 aromatic heterocycles. The molecule has 9 heteroatoms. The maximum Gasteiger partial charge on any atom is 2.00 e. The van der Waals surface area contributed by atoms with Crippen molar-refractivity contribution >= 4 is 21.8 Å². The molecule has 0 unspecified atom stereocenters. The van der Waals surface area contributed by atoms with Gasteiger partial charge in [-0.1, -0.05) is 60.7 Å². The van der Waals surface area contributed by atoms with Gasteiger partial charge in [0.1, 0.15) is 0 Å². The summed E-state index contributed by atoms with van der Waals surface area (Å²) in [5.74, 6) is 2.32. The van der Waals surface area contributed by atoms with E-state index in [1.165, 1.54) is 0 Å². The van der Waals surface area contributed by atoms with Crippen LogP contribution in [0.4, 0.5) is 0 Å². The van der Waals surface area contributed by atoms with Crippen molar-refractivity contribution in [2.45, 2.75) is 19.7 Å². The smallest absolute Gasteiger partial charge is 0.503 e. The van der Waals surface area contributed by atoms with Crippen LogP contribution in [0.2, 0.25) is 0 Å². The summed E-state index contributed by atoms with van der Waals surface area (Å²) in [6, 6.07) is 43.8. The van der Waals surface area contributed by atoms with E-state index in [0.29, 0.717) is 46.4 Å². The van der Waals surface area contributed by atoms with E-state index in [1.54, 1.807) is 24.8 Å². The summed E-state index contributed by atoms with van der Waals surface area (Å²) in [6.45, 7) is -2.04. The summed E-state index contributed by atoms with van der Waals surface area (Å²) in [7, 11) is 0. The molecule has 0 radical (unpaired) electrons. The first-order valence-electron chi connectivity index (χ1n) is 16.8. The van der Waals surface area contributed by atoms with Gasteiger partial charge in [-0.15, -0.1) is 71.8 Å². The first kappa shape index (κ1) is 31.0. The average Bonchev–Trinajstić information content (AvgIpc) is 3.47. The summed E-state index contributed by atoms with van der Waals surface area (Å²) in [5, 5.41) is 1.76. The van der Waals surface area contributed by atoms with E-state index in [1.807, 2.05) is 102 Å². The van der Waals surface area contributed by atoms with Gasteiger partial charge in [0.2, 0.25) is 5.95 Å². The number of benzene rings is 4. The molecule has 0 amide bonds. The van der Waals surface area contributed by atoms with Crippen LogP contribution in [-0.4, -0.2) is 24.5 Å². The van der Waals surface area contributed by atoms with Gasteiger partial charge in [-0.05, 0) is 35.5 Å². The predicted octanol–water partition coefficient (Wildman–Crippen LogP) is 9.43. The van der Waals surface area contributed by atoms with Crippen LogP contribution in [0.3, 0.4) is 0 Å². The van der Waals surface area contributed by atoms with Crippen LogP contribution >= 0.6 is 0 Å². The second kappa shape index (κ2) is 15.7. The van der Waals surface area contributed by atoms with Gasteiger partial charge in [-0.2, -0.15) is 22.9 Å². The summed E-state index contributed by atoms with van der Waals surface area (Å²) < 4.78 is 37.1. The quantitative estimate of drug-likeness (QED) is 0.134. The van der Waals surface area contributed by atoms with E-state index in [-0.39, 0.29) is 48.6 Å². The zero-order valence-electron chi connectivity index (χ0n) is 29.1. The molecule has 0 saturated carbocycles. The first-order valence-corrected chi connectivity index (χ1v) is 15.3. The Morgan fingerprint density at radius 1 is 0.580 bits per heavy atom. The van der Waals surface area contributed by atoms with Crippen molar-refractivity contribution in [2.75, 3.05) is 0 Å². The summed E-state index contributed by atoms with van der Waals surface area (Å²) in [4.78, 5) is 18.2. The van der Waals surface area contributed by atoms with E-state index >= 15 is 0 Å². The molecule has 7 nitrogen and oxygen atoms in total. The molecule has 0 saturated heterocycles. The summed E-state index contributed by atoms with van der Waals surface area (Å²) >= 11 is 0. The molecule has 0 atom stereocenters. The van der Waals surface area contributed by atoms with Crippen molar-refractivity contribution in [1.29, 1.82) is 0 Å². The number of pyridine rings is 2. The molecule has 0 aliphatic heterocycles. The standard InChI is InChI=1S/C41H27N5O2.2Pt/c1-2-9-28-26-44-41(45-27-28)46-39-24-33(47-31-12-7-10-29(22-31)37-14-3-5-20-42-37)16-18-35(39)36-19-17-34(25-40(36)46)48-32-13-8-11-30(23-32)38-15-4-6-21-43-38;;/h3-8,10-21,26-27H,2,9H2,1H3;;/q-4;2*+2/i1D3;;. The zero-order chi connectivity index (χ0) is 34.8. The SMILES string of the molecule is [2H]C([2H])([2H])CCc1cnc(-n2c3[c-]c(Oc4[c-]c(-c5ccccn5)ccc4)ccc3c3ccc(Oc4[c-]c(-c5ccccn5)ccc4)[c-]c32)nc1.[Pt+2].[Pt+2]. The molecule has 0 N–H and O–H groups in total. The number of ether oxygens (including phenoxy) is 2. The maximum atomic E-state index is 7.58. The number of hydrogen-bond donors (Lipinski definition) is 0. The van der Waals surface area contributed by atoms with Crippen LogP contribution in [-0.2, 0) is 48.6 Å². The Bertz CT molecular complexity index is 2340. The second-order valence-electron chi connectivity index (χ2n) is 10.9. The van der Waals surface area contributed by atoms with Gasteiger partial charge in [0.15, 0.2) is 0 Å². The second-order valence-corrected chi connectivity index (χ2v) is 10.9. The van der Waals surface area contributed by atoms with Crippen molar-refractivity contribution in [3.63, 3.8) is 0 Å². The van der Waals surface area contributed by atoms with E-state index in [4.69, 9.17) is 13.6 Å². The van der Waals surface area contributed by atoms with Gasteiger partial charge in [-0.3, -0.25) is 0 Å². The van der Waals surface area contributed by atoms with Crippen LogP contribution in [0.1, 0.15) is 22.9 Å². The van der Waals surface area contributed by atoms with Gasteiger partial charge in [-0.25, -0.2) is 9.97 Å². The fourth-order valence-corrected chi connectivity index (χ4v) is 5.48. The van der Waals surface area contributed by atoms with Gasteiger partial charge >= 0.3 is 42.1 Å².